The molecule has 2 saturated carbocycles. The fourth-order valence-electron chi connectivity index (χ4n) is 3.13. The topological polar surface area (TPSA) is 0 Å². The van der Waals surface area contributed by atoms with Crippen molar-refractivity contribution in [1.29, 1.82) is 0 Å². The minimum Gasteiger partial charge on any atom is -0.500 e. The Bertz CT molecular complexity index is 374. The Morgan fingerprint density at radius 2 is 1.00 bits per heavy atom. The second-order valence-corrected chi connectivity index (χ2v) is 18.5. The SMILES string of the molecule is [CH2-]C1CCCC1=[C-][Si](C)(C)C.[CH2-]C1CCCC1=[C-][Si](C)(C)C.[Zn+2].[Zn+2]. The monoisotopic (exact) mass is 460 g/mol. The van der Waals surface area contributed by atoms with E-state index in [4.69, 9.17) is 0 Å². The molecule has 4 heteroatoms. The van der Waals surface area contributed by atoms with E-state index in [9.17, 15) is 0 Å². The molecule has 2 atom stereocenters. The molecule has 0 aromatic rings. The van der Waals surface area contributed by atoms with E-state index in [0.29, 0.717) is 11.8 Å². The van der Waals surface area contributed by atoms with Crippen molar-refractivity contribution in [3.63, 3.8) is 0 Å². The van der Waals surface area contributed by atoms with Gasteiger partial charge in [-0.05, 0) is 0 Å². The van der Waals surface area contributed by atoms with Gasteiger partial charge >= 0.3 is 39.0 Å². The zero-order valence-corrected chi connectivity index (χ0v) is 25.2. The van der Waals surface area contributed by atoms with Crippen LogP contribution in [0.15, 0.2) is 11.1 Å². The number of hydrogen-bond donors (Lipinski definition) is 0. The van der Waals surface area contributed by atoms with Crippen LogP contribution in [0.2, 0.25) is 39.3 Å². The van der Waals surface area contributed by atoms with Crippen LogP contribution in [0.4, 0.5) is 0 Å². The minimum atomic E-state index is -1.09. The Morgan fingerprint density at radius 3 is 1.17 bits per heavy atom. The molecule has 0 radical (unpaired) electrons. The first-order chi connectivity index (χ1) is 9.98. The summed E-state index contributed by atoms with van der Waals surface area (Å²) in [6.07, 6.45) is 7.76. The maximum Gasteiger partial charge on any atom is 2.00 e. The van der Waals surface area contributed by atoms with Gasteiger partial charge in [0.15, 0.2) is 0 Å². The Hall–Kier alpha value is 1.16. The van der Waals surface area contributed by atoms with E-state index in [1.165, 1.54) is 49.7 Å². The van der Waals surface area contributed by atoms with Gasteiger partial charge in [0.25, 0.3) is 0 Å². The Labute approximate surface area is 180 Å². The van der Waals surface area contributed by atoms with E-state index in [1.54, 1.807) is 0 Å². The summed E-state index contributed by atoms with van der Waals surface area (Å²) in [7, 11) is -2.18. The summed E-state index contributed by atoms with van der Waals surface area (Å²) in [5.41, 5.74) is 10.4. The molecule has 0 aliphatic heterocycles. The largest absolute Gasteiger partial charge is 2.00 e. The summed E-state index contributed by atoms with van der Waals surface area (Å²) in [5, 5.41) is 0. The average molecular weight is 463 g/mol. The predicted octanol–water partition coefficient (Wildman–Crippen LogP) is 6.45. The van der Waals surface area contributed by atoms with E-state index >= 15 is 0 Å². The Kier molecular flexibility index (Phi) is 13.4. The summed E-state index contributed by atoms with van der Waals surface area (Å²) in [6, 6.07) is 0. The van der Waals surface area contributed by atoms with Crippen LogP contribution in [0.5, 0.6) is 0 Å². The molecule has 0 amide bonds. The quantitative estimate of drug-likeness (QED) is 0.326. The molecule has 0 aromatic heterocycles. The molecule has 2 aliphatic carbocycles. The van der Waals surface area contributed by atoms with Crippen molar-refractivity contribution >= 4 is 16.1 Å². The predicted molar refractivity (Wildman–Crippen MR) is 106 cm³/mol. The summed E-state index contributed by atoms with van der Waals surface area (Å²) in [6.45, 7) is 22.3. The van der Waals surface area contributed by atoms with Gasteiger partial charge in [-0.25, -0.2) is 0 Å². The van der Waals surface area contributed by atoms with Crippen molar-refractivity contribution in [2.75, 3.05) is 0 Å². The molecule has 0 nitrogen and oxygen atoms in total. The summed E-state index contributed by atoms with van der Waals surface area (Å²) in [5.74, 6) is 1.17. The number of rotatable bonds is 2. The third kappa shape index (κ3) is 11.7. The number of allylic oxidation sites excluding steroid dienone is 2. The molecular weight excluding hydrogens is 427 g/mol. The molecule has 2 unspecified atom stereocenters. The molecule has 128 valence electrons. The molecule has 2 aliphatic rings. The molecular formula is C20H36Si2Zn2. The molecule has 0 aromatic carbocycles. The van der Waals surface area contributed by atoms with Gasteiger partial charge < -0.3 is 25.2 Å². The van der Waals surface area contributed by atoms with E-state index in [-0.39, 0.29) is 39.0 Å². The Morgan fingerprint density at radius 1 is 0.708 bits per heavy atom. The summed E-state index contributed by atoms with van der Waals surface area (Å²) < 4.78 is 0. The van der Waals surface area contributed by atoms with Crippen LogP contribution in [-0.2, 0) is 39.0 Å². The fraction of sp³-hybridized carbons (Fsp3) is 0.700. The zero-order chi connectivity index (χ0) is 17.0. The molecule has 2 fully saturated rings. The van der Waals surface area contributed by atoms with Gasteiger partial charge in [0, 0.05) is 0 Å². The van der Waals surface area contributed by atoms with Crippen LogP contribution in [0, 0.1) is 37.1 Å². The van der Waals surface area contributed by atoms with E-state index in [1.807, 2.05) is 0 Å². The van der Waals surface area contributed by atoms with E-state index in [0.717, 1.165) is 0 Å². The minimum absolute atomic E-state index is 0. The van der Waals surface area contributed by atoms with Gasteiger partial charge in [-0.3, -0.25) is 11.1 Å². The third-order valence-corrected chi connectivity index (χ3v) is 6.20. The van der Waals surface area contributed by atoms with Gasteiger partial charge in [0.1, 0.15) is 0 Å². The average Bonchev–Trinajstić information content (AvgIpc) is 2.87. The van der Waals surface area contributed by atoms with Crippen LogP contribution in [0.25, 0.3) is 0 Å². The van der Waals surface area contributed by atoms with Crippen molar-refractivity contribution in [2.24, 2.45) is 11.8 Å². The van der Waals surface area contributed by atoms with Crippen molar-refractivity contribution in [3.05, 3.63) is 36.4 Å². The van der Waals surface area contributed by atoms with Gasteiger partial charge in [0.2, 0.25) is 0 Å². The zero-order valence-electron chi connectivity index (χ0n) is 17.2. The van der Waals surface area contributed by atoms with Gasteiger partial charge in [-0.15, -0.1) is 16.1 Å². The van der Waals surface area contributed by atoms with Gasteiger partial charge in [-0.2, -0.15) is 11.8 Å². The summed E-state index contributed by atoms with van der Waals surface area (Å²) in [4.78, 5) is 0. The van der Waals surface area contributed by atoms with Crippen molar-refractivity contribution in [2.45, 2.75) is 77.8 Å². The molecule has 2 rings (SSSR count). The Balaban J connectivity index is 0. The third-order valence-electron chi connectivity index (χ3n) is 4.05. The normalized spacial score (nSPS) is 27.3. The van der Waals surface area contributed by atoms with E-state index in [2.05, 4.69) is 64.5 Å². The van der Waals surface area contributed by atoms with Crippen LogP contribution < -0.4 is 0 Å². The van der Waals surface area contributed by atoms with Gasteiger partial charge in [0.05, 0.1) is 0 Å². The standard InChI is InChI=1S/2C10H18Si.2Zn/c2*1-9-6-5-7-10(9)8-11(2,3)4;;/h2*9H,1,5-7H2,2-4H3;;/q2*-2;2*+2. The summed E-state index contributed by atoms with van der Waals surface area (Å²) >= 11 is 0. The van der Waals surface area contributed by atoms with Crippen LogP contribution in [0.3, 0.4) is 0 Å². The fourth-order valence-corrected chi connectivity index (χ4v) is 5.71. The van der Waals surface area contributed by atoms with E-state index < -0.39 is 16.1 Å². The second-order valence-electron chi connectivity index (χ2n) is 8.98. The molecule has 0 bridgehead atoms. The second kappa shape index (κ2) is 11.8. The van der Waals surface area contributed by atoms with Crippen molar-refractivity contribution < 1.29 is 39.0 Å². The molecule has 0 N–H and O–H groups in total. The molecule has 24 heavy (non-hydrogen) atoms. The van der Waals surface area contributed by atoms with Crippen LogP contribution in [0.1, 0.15) is 38.5 Å². The first-order valence-corrected chi connectivity index (χ1v) is 15.9. The maximum atomic E-state index is 4.13. The molecule has 0 spiro atoms. The molecule has 0 heterocycles. The van der Waals surface area contributed by atoms with Crippen LogP contribution >= 0.6 is 0 Å². The van der Waals surface area contributed by atoms with Crippen LogP contribution in [-0.4, -0.2) is 16.1 Å². The first-order valence-electron chi connectivity index (χ1n) is 8.92. The molecule has 0 saturated heterocycles. The maximum absolute atomic E-state index is 4.13. The smallest absolute Gasteiger partial charge is 0.500 e. The van der Waals surface area contributed by atoms with Crippen molar-refractivity contribution in [3.8, 4) is 0 Å². The van der Waals surface area contributed by atoms with Gasteiger partial charge in [-0.1, -0.05) is 77.8 Å². The number of hydrogen-bond acceptors (Lipinski definition) is 0. The van der Waals surface area contributed by atoms with Crippen molar-refractivity contribution in [1.82, 2.24) is 0 Å². The first kappa shape index (κ1) is 27.4.